The van der Waals surface area contributed by atoms with Gasteiger partial charge < -0.3 is 10.2 Å². The van der Waals surface area contributed by atoms with Gasteiger partial charge in [0.25, 0.3) is 5.91 Å². The van der Waals surface area contributed by atoms with Crippen LogP contribution in [-0.2, 0) is 16.1 Å². The zero-order valence-electron chi connectivity index (χ0n) is 17.4. The average molecular weight is 466 g/mol. The topological polar surface area (TPSA) is 61.8 Å². The molecule has 1 heterocycles. The van der Waals surface area contributed by atoms with Crippen molar-refractivity contribution in [3.63, 3.8) is 0 Å². The summed E-state index contributed by atoms with van der Waals surface area (Å²) in [4.78, 5) is 32.1. The van der Waals surface area contributed by atoms with E-state index in [0.29, 0.717) is 33.6 Å². The first-order valence-corrected chi connectivity index (χ1v) is 10.9. The van der Waals surface area contributed by atoms with Gasteiger partial charge >= 0.3 is 0 Å². The van der Waals surface area contributed by atoms with E-state index < -0.39 is 6.04 Å². The summed E-state index contributed by atoms with van der Waals surface area (Å²) in [5, 5.41) is 3.99. The van der Waals surface area contributed by atoms with E-state index in [1.807, 2.05) is 42.5 Å². The molecule has 3 aromatic carbocycles. The van der Waals surface area contributed by atoms with Gasteiger partial charge in [-0.3, -0.25) is 14.6 Å². The number of anilines is 1. The van der Waals surface area contributed by atoms with Gasteiger partial charge in [-0.2, -0.15) is 0 Å². The summed E-state index contributed by atoms with van der Waals surface area (Å²) in [6.07, 6.45) is 0. The Kier molecular flexibility index (Phi) is 6.58. The molecule has 4 rings (SSSR count). The van der Waals surface area contributed by atoms with Crippen LogP contribution in [0.5, 0.6) is 0 Å². The van der Waals surface area contributed by atoms with Gasteiger partial charge in [-0.1, -0.05) is 65.7 Å². The molecular formula is C25H21Cl2N3O2. The molecule has 0 bridgehead atoms. The zero-order valence-corrected chi connectivity index (χ0v) is 18.9. The molecule has 0 saturated heterocycles. The van der Waals surface area contributed by atoms with Crippen LogP contribution in [0.2, 0.25) is 10.0 Å². The first-order valence-electron chi connectivity index (χ1n) is 10.2. The summed E-state index contributed by atoms with van der Waals surface area (Å²) < 4.78 is 0. The van der Waals surface area contributed by atoms with Crippen molar-refractivity contribution < 1.29 is 9.59 Å². The first-order chi connectivity index (χ1) is 15.4. The number of nitrogens with one attached hydrogen (secondary N) is 1. The Morgan fingerprint density at radius 3 is 2.50 bits per heavy atom. The molecule has 0 fully saturated rings. The molecule has 0 saturated carbocycles. The fourth-order valence-electron chi connectivity index (χ4n) is 3.63. The molecule has 1 aliphatic rings. The third kappa shape index (κ3) is 4.85. The van der Waals surface area contributed by atoms with Crippen molar-refractivity contribution in [2.75, 3.05) is 11.4 Å². The van der Waals surface area contributed by atoms with Crippen molar-refractivity contribution in [3.05, 3.63) is 99.5 Å². The fraction of sp³-hybridized carbons (Fsp3) is 0.160. The van der Waals surface area contributed by atoms with Crippen LogP contribution in [0.3, 0.4) is 0 Å². The molecule has 5 nitrogen and oxygen atoms in total. The number of halogens is 2. The molecule has 162 valence electrons. The lowest BCUT2D eigenvalue weighted by molar-refractivity contribution is -0.124. The number of aliphatic imine (C=N–C) groups is 1. The highest BCUT2D eigenvalue weighted by atomic mass is 35.5. The van der Waals surface area contributed by atoms with E-state index in [0.717, 1.165) is 11.1 Å². The molecule has 7 heteroatoms. The lowest BCUT2D eigenvalue weighted by Gasteiger charge is -2.24. The second-order valence-corrected chi connectivity index (χ2v) is 8.39. The molecule has 1 atom stereocenters. The van der Waals surface area contributed by atoms with E-state index in [2.05, 4.69) is 5.32 Å². The van der Waals surface area contributed by atoms with Gasteiger partial charge in [-0.25, -0.2) is 0 Å². The predicted molar refractivity (Wildman–Crippen MR) is 129 cm³/mol. The van der Waals surface area contributed by atoms with E-state index >= 15 is 0 Å². The highest BCUT2D eigenvalue weighted by molar-refractivity contribution is 6.32. The summed E-state index contributed by atoms with van der Waals surface area (Å²) in [6.45, 7) is 1.92. The third-order valence-electron chi connectivity index (χ3n) is 5.18. The maximum Gasteiger partial charge on any atom is 0.252 e. The van der Waals surface area contributed by atoms with E-state index in [1.165, 1.54) is 4.90 Å². The molecule has 2 amide bonds. The van der Waals surface area contributed by atoms with Gasteiger partial charge in [-0.15, -0.1) is 0 Å². The SMILES string of the molecule is CC1N=C(c2ccccc2)c2cc(Cl)ccc2N(CC(=O)NCc2cccc(Cl)c2)C1=O. The number of rotatable bonds is 5. The number of amides is 2. The Balaban J connectivity index is 1.63. The van der Waals surface area contributed by atoms with Crippen LogP contribution in [0.4, 0.5) is 5.69 Å². The van der Waals surface area contributed by atoms with Crippen molar-refractivity contribution in [1.82, 2.24) is 5.32 Å². The van der Waals surface area contributed by atoms with Crippen LogP contribution in [0.1, 0.15) is 23.6 Å². The quantitative estimate of drug-likeness (QED) is 0.583. The van der Waals surface area contributed by atoms with Gasteiger partial charge in [0.15, 0.2) is 0 Å². The molecule has 32 heavy (non-hydrogen) atoms. The molecule has 1 unspecified atom stereocenters. The Labute approximate surface area is 196 Å². The first kappa shape index (κ1) is 22.1. The average Bonchev–Trinajstić information content (AvgIpc) is 2.88. The summed E-state index contributed by atoms with van der Waals surface area (Å²) in [7, 11) is 0. The number of hydrogen-bond donors (Lipinski definition) is 1. The zero-order chi connectivity index (χ0) is 22.7. The van der Waals surface area contributed by atoms with Crippen LogP contribution in [0.25, 0.3) is 0 Å². The van der Waals surface area contributed by atoms with Crippen LogP contribution >= 0.6 is 23.2 Å². The highest BCUT2D eigenvalue weighted by Crippen LogP contribution is 2.31. The van der Waals surface area contributed by atoms with Crippen molar-refractivity contribution in [2.45, 2.75) is 19.5 Å². The van der Waals surface area contributed by atoms with Gasteiger partial charge in [0.2, 0.25) is 5.91 Å². The largest absolute Gasteiger partial charge is 0.350 e. The monoisotopic (exact) mass is 465 g/mol. The van der Waals surface area contributed by atoms with E-state index in [-0.39, 0.29) is 18.4 Å². The Hall–Kier alpha value is -3.15. The smallest absolute Gasteiger partial charge is 0.252 e. The van der Waals surface area contributed by atoms with Crippen molar-refractivity contribution in [2.24, 2.45) is 4.99 Å². The molecule has 0 aliphatic carbocycles. The minimum Gasteiger partial charge on any atom is -0.350 e. The number of carbonyl (C=O) groups is 2. The Bertz CT molecular complexity index is 1190. The van der Waals surface area contributed by atoms with Gasteiger partial charge in [0.1, 0.15) is 12.6 Å². The molecule has 0 aromatic heterocycles. The van der Waals surface area contributed by atoms with E-state index in [9.17, 15) is 9.59 Å². The number of benzene rings is 3. The molecule has 0 spiro atoms. The van der Waals surface area contributed by atoms with Gasteiger partial charge in [0, 0.05) is 27.7 Å². The Morgan fingerprint density at radius 2 is 1.75 bits per heavy atom. The normalized spacial score (nSPS) is 15.6. The van der Waals surface area contributed by atoms with Crippen molar-refractivity contribution in [3.8, 4) is 0 Å². The predicted octanol–water partition coefficient (Wildman–Crippen LogP) is 4.88. The van der Waals surface area contributed by atoms with Crippen molar-refractivity contribution >= 4 is 46.4 Å². The summed E-state index contributed by atoms with van der Waals surface area (Å²) >= 11 is 12.3. The summed E-state index contributed by atoms with van der Waals surface area (Å²) in [5.41, 5.74) is 3.74. The number of nitrogens with zero attached hydrogens (tertiary/aromatic N) is 2. The lowest BCUT2D eigenvalue weighted by Crippen LogP contribution is -2.43. The van der Waals surface area contributed by atoms with E-state index in [1.54, 1.807) is 37.3 Å². The van der Waals surface area contributed by atoms with E-state index in [4.69, 9.17) is 28.2 Å². The lowest BCUT2D eigenvalue weighted by atomic mass is 10.00. The minimum atomic E-state index is -0.655. The number of hydrogen-bond acceptors (Lipinski definition) is 3. The van der Waals surface area contributed by atoms with Gasteiger partial charge in [-0.05, 0) is 42.8 Å². The molecule has 1 N–H and O–H groups in total. The molecule has 3 aromatic rings. The fourth-order valence-corrected chi connectivity index (χ4v) is 4.02. The second-order valence-electron chi connectivity index (χ2n) is 7.51. The van der Waals surface area contributed by atoms with Crippen LogP contribution in [-0.4, -0.2) is 30.1 Å². The van der Waals surface area contributed by atoms with Crippen LogP contribution < -0.4 is 10.2 Å². The maximum atomic E-state index is 13.2. The minimum absolute atomic E-state index is 0.129. The summed E-state index contributed by atoms with van der Waals surface area (Å²) in [5.74, 6) is -0.535. The number of carbonyl (C=O) groups excluding carboxylic acids is 2. The van der Waals surface area contributed by atoms with Crippen LogP contribution in [0.15, 0.2) is 77.8 Å². The Morgan fingerprint density at radius 1 is 1.00 bits per heavy atom. The van der Waals surface area contributed by atoms with Crippen molar-refractivity contribution in [1.29, 1.82) is 0 Å². The molecular weight excluding hydrogens is 445 g/mol. The second kappa shape index (κ2) is 9.55. The summed E-state index contributed by atoms with van der Waals surface area (Å²) in [6, 6.07) is 21.5. The van der Waals surface area contributed by atoms with Crippen LogP contribution in [0, 0.1) is 0 Å². The van der Waals surface area contributed by atoms with Gasteiger partial charge in [0.05, 0.1) is 11.4 Å². The standard InChI is InChI=1S/C25H21Cl2N3O2/c1-16-25(32)30(15-23(31)28-14-17-6-5-9-19(26)12-17)22-11-10-20(27)13-21(22)24(29-16)18-7-3-2-4-8-18/h2-13,16H,14-15H2,1H3,(H,28,31). The highest BCUT2D eigenvalue weighted by Gasteiger charge is 2.31. The third-order valence-corrected chi connectivity index (χ3v) is 5.65. The molecule has 1 aliphatic heterocycles. The molecule has 0 radical (unpaired) electrons. The maximum absolute atomic E-state index is 13.2. The number of benzodiazepines with no additional fused rings is 1. The number of fused-ring (bicyclic) bond motifs is 1.